The van der Waals surface area contributed by atoms with Crippen molar-refractivity contribution < 1.29 is 0 Å². The summed E-state index contributed by atoms with van der Waals surface area (Å²) >= 11 is 0. The van der Waals surface area contributed by atoms with E-state index >= 15 is 0 Å². The standard InChI is InChI=1S/C20H28N2/c1-15(2)4-5-16(3)22-20-12-8-18(9-13-20)14-17-6-10-19(21)11-7-17/h6-13,15-16,22H,4-5,14,21H2,1-3H3. The molecule has 1 atom stereocenters. The number of benzene rings is 2. The van der Waals surface area contributed by atoms with Crippen LogP contribution in [0.15, 0.2) is 48.5 Å². The minimum absolute atomic E-state index is 0.519. The number of nitrogens with one attached hydrogen (secondary N) is 1. The van der Waals surface area contributed by atoms with Crippen LogP contribution in [0.1, 0.15) is 44.7 Å². The number of nitrogen functional groups attached to an aromatic ring is 1. The lowest BCUT2D eigenvalue weighted by atomic mass is 10.0. The quantitative estimate of drug-likeness (QED) is 0.698. The van der Waals surface area contributed by atoms with Gasteiger partial charge in [-0.15, -0.1) is 0 Å². The predicted octanol–water partition coefficient (Wildman–Crippen LogP) is 5.10. The Bertz CT molecular complexity index is 555. The molecule has 0 spiro atoms. The van der Waals surface area contributed by atoms with E-state index in [0.29, 0.717) is 6.04 Å². The molecule has 2 nitrogen and oxygen atoms in total. The van der Waals surface area contributed by atoms with E-state index in [1.165, 1.54) is 29.7 Å². The molecular formula is C20H28N2. The minimum Gasteiger partial charge on any atom is -0.399 e. The highest BCUT2D eigenvalue weighted by Crippen LogP contribution is 2.17. The molecule has 0 aliphatic heterocycles. The van der Waals surface area contributed by atoms with Gasteiger partial charge in [-0.1, -0.05) is 38.1 Å². The lowest BCUT2D eigenvalue weighted by molar-refractivity contribution is 0.528. The zero-order valence-electron chi connectivity index (χ0n) is 14.0. The molecule has 118 valence electrons. The predicted molar refractivity (Wildman–Crippen MR) is 97.3 cm³/mol. The SMILES string of the molecule is CC(C)CCC(C)Nc1ccc(Cc2ccc(N)cc2)cc1. The van der Waals surface area contributed by atoms with E-state index in [1.807, 2.05) is 12.1 Å². The van der Waals surface area contributed by atoms with Crippen molar-refractivity contribution in [2.45, 2.75) is 46.1 Å². The maximum Gasteiger partial charge on any atom is 0.0342 e. The molecule has 22 heavy (non-hydrogen) atoms. The summed E-state index contributed by atoms with van der Waals surface area (Å²) in [5.41, 5.74) is 10.4. The summed E-state index contributed by atoms with van der Waals surface area (Å²) in [5, 5.41) is 3.58. The molecule has 2 rings (SSSR count). The van der Waals surface area contributed by atoms with Gasteiger partial charge in [0.05, 0.1) is 0 Å². The Kier molecular flexibility index (Phi) is 5.88. The van der Waals surface area contributed by atoms with E-state index in [2.05, 4.69) is 62.5 Å². The van der Waals surface area contributed by atoms with Crippen molar-refractivity contribution in [2.24, 2.45) is 5.92 Å². The Hall–Kier alpha value is -1.96. The average molecular weight is 296 g/mol. The molecule has 0 saturated heterocycles. The van der Waals surface area contributed by atoms with Crippen LogP contribution in [0.2, 0.25) is 0 Å². The van der Waals surface area contributed by atoms with Gasteiger partial charge in [0, 0.05) is 17.4 Å². The Labute approximate surface area is 134 Å². The van der Waals surface area contributed by atoms with Crippen LogP contribution in [-0.2, 0) is 6.42 Å². The maximum atomic E-state index is 5.72. The van der Waals surface area contributed by atoms with Crippen molar-refractivity contribution in [2.75, 3.05) is 11.1 Å². The summed E-state index contributed by atoms with van der Waals surface area (Å²) in [4.78, 5) is 0. The van der Waals surface area contributed by atoms with Gasteiger partial charge in [0.25, 0.3) is 0 Å². The Morgan fingerprint density at radius 2 is 1.36 bits per heavy atom. The van der Waals surface area contributed by atoms with Crippen molar-refractivity contribution in [3.8, 4) is 0 Å². The third-order valence-electron chi connectivity index (χ3n) is 3.93. The molecule has 1 unspecified atom stereocenters. The first-order valence-electron chi connectivity index (χ1n) is 8.23. The van der Waals surface area contributed by atoms with Gasteiger partial charge in [0.2, 0.25) is 0 Å². The fraction of sp³-hybridized carbons (Fsp3) is 0.400. The second kappa shape index (κ2) is 7.88. The first kappa shape index (κ1) is 16.4. The largest absolute Gasteiger partial charge is 0.399 e. The molecular weight excluding hydrogens is 268 g/mol. The molecule has 0 radical (unpaired) electrons. The van der Waals surface area contributed by atoms with E-state index in [4.69, 9.17) is 5.73 Å². The van der Waals surface area contributed by atoms with Crippen molar-refractivity contribution in [3.63, 3.8) is 0 Å². The number of hydrogen-bond acceptors (Lipinski definition) is 2. The van der Waals surface area contributed by atoms with E-state index < -0.39 is 0 Å². The number of rotatable bonds is 7. The lowest BCUT2D eigenvalue weighted by Gasteiger charge is -2.16. The summed E-state index contributed by atoms with van der Waals surface area (Å²) in [7, 11) is 0. The first-order valence-corrected chi connectivity index (χ1v) is 8.23. The summed E-state index contributed by atoms with van der Waals surface area (Å²) in [6, 6.07) is 17.4. The normalized spacial score (nSPS) is 12.4. The molecule has 0 aromatic heterocycles. The fourth-order valence-electron chi connectivity index (χ4n) is 2.53. The minimum atomic E-state index is 0.519. The van der Waals surface area contributed by atoms with Crippen molar-refractivity contribution >= 4 is 11.4 Å². The van der Waals surface area contributed by atoms with Crippen molar-refractivity contribution in [3.05, 3.63) is 59.7 Å². The average Bonchev–Trinajstić information content (AvgIpc) is 2.49. The van der Waals surface area contributed by atoms with E-state index in [1.54, 1.807) is 0 Å². The molecule has 2 aromatic carbocycles. The highest BCUT2D eigenvalue weighted by molar-refractivity contribution is 5.46. The van der Waals surface area contributed by atoms with Crippen LogP contribution in [0.5, 0.6) is 0 Å². The smallest absolute Gasteiger partial charge is 0.0342 e. The van der Waals surface area contributed by atoms with Gasteiger partial charge in [-0.05, 0) is 67.5 Å². The Morgan fingerprint density at radius 1 is 0.818 bits per heavy atom. The first-order chi connectivity index (χ1) is 10.5. The summed E-state index contributed by atoms with van der Waals surface area (Å²) in [6.45, 7) is 6.81. The van der Waals surface area contributed by atoms with Crippen LogP contribution in [0.3, 0.4) is 0 Å². The Balaban J connectivity index is 1.88. The molecule has 0 aliphatic rings. The van der Waals surface area contributed by atoms with Crippen LogP contribution in [0.25, 0.3) is 0 Å². The topological polar surface area (TPSA) is 38.0 Å². The number of anilines is 2. The molecule has 0 saturated carbocycles. The number of hydrogen-bond donors (Lipinski definition) is 2. The van der Waals surface area contributed by atoms with E-state index in [-0.39, 0.29) is 0 Å². The van der Waals surface area contributed by atoms with Crippen LogP contribution >= 0.6 is 0 Å². The van der Waals surface area contributed by atoms with Gasteiger partial charge in [0.15, 0.2) is 0 Å². The van der Waals surface area contributed by atoms with Crippen LogP contribution in [0, 0.1) is 5.92 Å². The van der Waals surface area contributed by atoms with E-state index in [0.717, 1.165) is 18.0 Å². The summed E-state index contributed by atoms with van der Waals surface area (Å²) < 4.78 is 0. The molecule has 0 fully saturated rings. The van der Waals surface area contributed by atoms with Crippen molar-refractivity contribution in [1.82, 2.24) is 0 Å². The van der Waals surface area contributed by atoms with Crippen molar-refractivity contribution in [1.29, 1.82) is 0 Å². The molecule has 0 bridgehead atoms. The summed E-state index contributed by atoms with van der Waals surface area (Å²) in [5.74, 6) is 0.770. The maximum absolute atomic E-state index is 5.72. The van der Waals surface area contributed by atoms with E-state index in [9.17, 15) is 0 Å². The molecule has 3 N–H and O–H groups in total. The highest BCUT2D eigenvalue weighted by Gasteiger charge is 2.04. The number of nitrogens with two attached hydrogens (primary N) is 1. The molecule has 0 aliphatic carbocycles. The second-order valence-corrected chi connectivity index (χ2v) is 6.63. The third-order valence-corrected chi connectivity index (χ3v) is 3.93. The second-order valence-electron chi connectivity index (χ2n) is 6.63. The van der Waals surface area contributed by atoms with Gasteiger partial charge in [-0.2, -0.15) is 0 Å². The van der Waals surface area contributed by atoms with Gasteiger partial charge in [0.1, 0.15) is 0 Å². The molecule has 0 heterocycles. The van der Waals surface area contributed by atoms with Crippen LogP contribution < -0.4 is 11.1 Å². The fourth-order valence-corrected chi connectivity index (χ4v) is 2.53. The lowest BCUT2D eigenvalue weighted by Crippen LogP contribution is -2.15. The van der Waals surface area contributed by atoms with Gasteiger partial charge >= 0.3 is 0 Å². The zero-order valence-corrected chi connectivity index (χ0v) is 14.0. The van der Waals surface area contributed by atoms with Crippen LogP contribution in [0.4, 0.5) is 11.4 Å². The van der Waals surface area contributed by atoms with Crippen LogP contribution in [-0.4, -0.2) is 6.04 Å². The molecule has 2 heteroatoms. The summed E-state index contributed by atoms with van der Waals surface area (Å²) in [6.07, 6.45) is 3.43. The van der Waals surface area contributed by atoms with Gasteiger partial charge in [-0.3, -0.25) is 0 Å². The monoisotopic (exact) mass is 296 g/mol. The molecule has 0 amide bonds. The molecule has 2 aromatic rings. The zero-order chi connectivity index (χ0) is 15.9. The highest BCUT2D eigenvalue weighted by atomic mass is 14.9. The Morgan fingerprint density at radius 3 is 1.91 bits per heavy atom. The third kappa shape index (κ3) is 5.44. The van der Waals surface area contributed by atoms with Gasteiger partial charge in [-0.25, -0.2) is 0 Å². The van der Waals surface area contributed by atoms with Gasteiger partial charge < -0.3 is 11.1 Å².